The number of hydrogen-bond acceptors (Lipinski definition) is 5. The molecule has 4 heterocycles. The predicted molar refractivity (Wildman–Crippen MR) is 108 cm³/mol. The average Bonchev–Trinajstić information content (AvgIpc) is 3.51. The fourth-order valence-electron chi connectivity index (χ4n) is 3.01. The summed E-state index contributed by atoms with van der Waals surface area (Å²) in [5.41, 5.74) is 8.17. The molecule has 5 aromatic rings. The van der Waals surface area contributed by atoms with Crippen LogP contribution in [0.4, 0.5) is 0 Å². The second kappa shape index (κ2) is 8.53. The van der Waals surface area contributed by atoms with Gasteiger partial charge in [-0.15, -0.1) is 0 Å². The predicted octanol–water partition coefficient (Wildman–Crippen LogP) is 2.98. The van der Waals surface area contributed by atoms with Gasteiger partial charge >= 0.3 is 0 Å². The maximum Gasteiger partial charge on any atom is 0.197 e. The molecular weight excluding hydrogens is 354 g/mol. The van der Waals surface area contributed by atoms with E-state index in [0.717, 1.165) is 60.4 Å². The number of aromatic amines is 1. The summed E-state index contributed by atoms with van der Waals surface area (Å²) in [5.74, 6) is 0.761. The third-order valence-electron chi connectivity index (χ3n) is 4.46. The minimum Gasteiger partial charge on any atom is -0.441 e. The van der Waals surface area contributed by atoms with E-state index in [1.807, 2.05) is 45.9 Å². The SMILES string of the molecule is NCCCn1ccnc1.c1cn(CCc2nc3c(ccc4[nH]ccc43)o2)cn1. The van der Waals surface area contributed by atoms with Crippen molar-refractivity contribution in [2.24, 2.45) is 5.73 Å². The van der Waals surface area contributed by atoms with E-state index in [2.05, 4.69) is 19.9 Å². The number of benzene rings is 1. The Hall–Kier alpha value is -3.39. The van der Waals surface area contributed by atoms with E-state index in [-0.39, 0.29) is 0 Å². The molecule has 0 aliphatic rings. The maximum atomic E-state index is 5.79. The number of imidazole rings is 2. The molecule has 0 saturated heterocycles. The second-order valence-corrected chi connectivity index (χ2v) is 6.45. The Labute approximate surface area is 162 Å². The largest absolute Gasteiger partial charge is 0.441 e. The van der Waals surface area contributed by atoms with Crippen molar-refractivity contribution in [1.29, 1.82) is 0 Å². The normalized spacial score (nSPS) is 11.0. The third-order valence-corrected chi connectivity index (χ3v) is 4.46. The van der Waals surface area contributed by atoms with E-state index in [4.69, 9.17) is 10.2 Å². The molecule has 0 atom stereocenters. The van der Waals surface area contributed by atoms with E-state index in [0.29, 0.717) is 0 Å². The molecule has 8 heteroatoms. The van der Waals surface area contributed by atoms with Crippen molar-refractivity contribution in [3.8, 4) is 0 Å². The van der Waals surface area contributed by atoms with Crippen LogP contribution in [-0.4, -0.2) is 35.6 Å². The molecular formula is C20H23N7O. The molecule has 0 spiro atoms. The van der Waals surface area contributed by atoms with Gasteiger partial charge in [0.05, 0.1) is 12.7 Å². The lowest BCUT2D eigenvalue weighted by atomic mass is 10.2. The summed E-state index contributed by atoms with van der Waals surface area (Å²) < 4.78 is 9.82. The van der Waals surface area contributed by atoms with Crippen molar-refractivity contribution in [3.05, 3.63) is 67.7 Å². The van der Waals surface area contributed by atoms with Crippen molar-refractivity contribution >= 4 is 22.0 Å². The molecule has 0 amide bonds. The number of H-pyrrole nitrogens is 1. The monoisotopic (exact) mass is 377 g/mol. The molecule has 5 rings (SSSR count). The van der Waals surface area contributed by atoms with Crippen LogP contribution in [0.1, 0.15) is 12.3 Å². The van der Waals surface area contributed by atoms with E-state index in [1.54, 1.807) is 25.0 Å². The Morgan fingerprint density at radius 1 is 1.00 bits per heavy atom. The van der Waals surface area contributed by atoms with Crippen LogP contribution in [0.3, 0.4) is 0 Å². The van der Waals surface area contributed by atoms with Crippen molar-refractivity contribution in [2.75, 3.05) is 6.54 Å². The van der Waals surface area contributed by atoms with Gasteiger partial charge in [-0.05, 0) is 31.2 Å². The summed E-state index contributed by atoms with van der Waals surface area (Å²) in [7, 11) is 0. The maximum absolute atomic E-state index is 5.79. The molecule has 0 unspecified atom stereocenters. The van der Waals surface area contributed by atoms with Gasteiger partial charge in [0.25, 0.3) is 0 Å². The molecule has 1 aromatic carbocycles. The Morgan fingerprint density at radius 3 is 2.50 bits per heavy atom. The van der Waals surface area contributed by atoms with Crippen molar-refractivity contribution in [1.82, 2.24) is 29.1 Å². The number of rotatable bonds is 6. The average molecular weight is 377 g/mol. The van der Waals surface area contributed by atoms with Crippen LogP contribution in [0.25, 0.3) is 22.0 Å². The summed E-state index contributed by atoms with van der Waals surface area (Å²) in [6.07, 6.45) is 14.7. The minimum absolute atomic E-state index is 0.748. The summed E-state index contributed by atoms with van der Waals surface area (Å²) in [4.78, 5) is 15.7. The van der Waals surface area contributed by atoms with Gasteiger partial charge in [0, 0.05) is 61.4 Å². The van der Waals surface area contributed by atoms with Gasteiger partial charge in [0.2, 0.25) is 0 Å². The standard InChI is InChI=1S/C14H12N4O.C6H11N3/c1-2-12-14(10-3-5-16-11(1)10)17-13(19-12)4-7-18-8-6-15-9-18;7-2-1-4-9-5-3-8-6-9/h1-3,5-6,8-9,16H,4,7H2;3,5-6H,1-2,4,7H2. The number of nitrogens with two attached hydrogens (primary N) is 1. The third kappa shape index (κ3) is 4.12. The molecule has 0 radical (unpaired) electrons. The highest BCUT2D eigenvalue weighted by atomic mass is 16.3. The number of oxazole rings is 1. The van der Waals surface area contributed by atoms with Crippen LogP contribution >= 0.6 is 0 Å². The van der Waals surface area contributed by atoms with Crippen LogP contribution < -0.4 is 5.73 Å². The van der Waals surface area contributed by atoms with Gasteiger partial charge in [-0.3, -0.25) is 0 Å². The van der Waals surface area contributed by atoms with Crippen LogP contribution in [0, 0.1) is 0 Å². The molecule has 0 aliphatic heterocycles. The first-order valence-electron chi connectivity index (χ1n) is 9.30. The molecule has 28 heavy (non-hydrogen) atoms. The zero-order chi connectivity index (χ0) is 19.2. The van der Waals surface area contributed by atoms with Crippen LogP contribution in [0.2, 0.25) is 0 Å². The van der Waals surface area contributed by atoms with Crippen LogP contribution in [0.5, 0.6) is 0 Å². The smallest absolute Gasteiger partial charge is 0.197 e. The summed E-state index contributed by atoms with van der Waals surface area (Å²) in [5, 5.41) is 1.11. The van der Waals surface area contributed by atoms with Gasteiger partial charge in [0.15, 0.2) is 11.5 Å². The Kier molecular flexibility index (Phi) is 5.48. The van der Waals surface area contributed by atoms with Crippen molar-refractivity contribution < 1.29 is 4.42 Å². The molecule has 8 nitrogen and oxygen atoms in total. The first-order valence-corrected chi connectivity index (χ1v) is 9.30. The minimum atomic E-state index is 0.748. The molecule has 0 saturated carbocycles. The topological polar surface area (TPSA) is 103 Å². The van der Waals surface area contributed by atoms with Gasteiger partial charge in [-0.2, -0.15) is 0 Å². The van der Waals surface area contributed by atoms with Gasteiger partial charge in [-0.25, -0.2) is 15.0 Å². The lowest BCUT2D eigenvalue weighted by molar-refractivity contribution is 0.505. The quantitative estimate of drug-likeness (QED) is 0.473. The van der Waals surface area contributed by atoms with E-state index in [1.165, 1.54) is 0 Å². The molecule has 144 valence electrons. The Bertz CT molecular complexity index is 1110. The number of hydrogen-bond donors (Lipinski definition) is 2. The van der Waals surface area contributed by atoms with Crippen LogP contribution in [0.15, 0.2) is 66.3 Å². The molecule has 0 aliphatic carbocycles. The van der Waals surface area contributed by atoms with Gasteiger partial charge in [0.1, 0.15) is 5.52 Å². The summed E-state index contributed by atoms with van der Waals surface area (Å²) in [6.45, 7) is 2.55. The van der Waals surface area contributed by atoms with E-state index >= 15 is 0 Å². The first-order chi connectivity index (χ1) is 13.8. The number of fused-ring (bicyclic) bond motifs is 3. The Morgan fingerprint density at radius 2 is 1.79 bits per heavy atom. The van der Waals surface area contributed by atoms with Crippen molar-refractivity contribution in [3.63, 3.8) is 0 Å². The number of nitrogens with one attached hydrogen (secondary N) is 1. The number of aryl methyl sites for hydroxylation is 3. The lowest BCUT2D eigenvalue weighted by Crippen LogP contribution is -2.03. The lowest BCUT2D eigenvalue weighted by Gasteiger charge is -1.97. The highest BCUT2D eigenvalue weighted by Crippen LogP contribution is 2.25. The molecule has 3 N–H and O–H groups in total. The highest BCUT2D eigenvalue weighted by molar-refractivity contribution is 6.02. The van der Waals surface area contributed by atoms with E-state index in [9.17, 15) is 0 Å². The fourth-order valence-corrected chi connectivity index (χ4v) is 3.01. The van der Waals surface area contributed by atoms with E-state index < -0.39 is 0 Å². The number of nitrogens with zero attached hydrogens (tertiary/aromatic N) is 5. The fraction of sp³-hybridized carbons (Fsp3) is 0.250. The zero-order valence-corrected chi connectivity index (χ0v) is 15.5. The molecule has 0 fully saturated rings. The first kappa shape index (κ1) is 18.0. The second-order valence-electron chi connectivity index (χ2n) is 6.45. The number of aromatic nitrogens is 6. The summed E-state index contributed by atoms with van der Waals surface area (Å²) >= 11 is 0. The van der Waals surface area contributed by atoms with Gasteiger partial charge in [-0.1, -0.05) is 0 Å². The zero-order valence-electron chi connectivity index (χ0n) is 15.5. The summed E-state index contributed by atoms with van der Waals surface area (Å²) in [6, 6.07) is 6.00. The highest BCUT2D eigenvalue weighted by Gasteiger charge is 2.09. The van der Waals surface area contributed by atoms with Crippen LogP contribution in [-0.2, 0) is 19.5 Å². The van der Waals surface area contributed by atoms with Crippen molar-refractivity contribution in [2.45, 2.75) is 25.9 Å². The Balaban J connectivity index is 0.000000181. The molecule has 0 bridgehead atoms. The molecule has 4 aromatic heterocycles. The van der Waals surface area contributed by atoms with Gasteiger partial charge < -0.3 is 24.3 Å².